The number of rotatable bonds is 9. The Labute approximate surface area is 284 Å². The fourth-order valence-corrected chi connectivity index (χ4v) is 6.01. The van der Waals surface area contributed by atoms with Gasteiger partial charge in [0.25, 0.3) is 0 Å². The Morgan fingerprint density at radius 3 is 1.69 bits per heavy atom. The van der Waals surface area contributed by atoms with Crippen LogP contribution >= 0.6 is 0 Å². The Bertz CT molecular complexity index is 1750. The first kappa shape index (κ1) is 38.3. The van der Waals surface area contributed by atoms with Crippen molar-refractivity contribution in [2.24, 2.45) is 11.8 Å². The number of methoxy groups -OCH3 is 2. The van der Waals surface area contributed by atoms with Crippen molar-refractivity contribution in [3.63, 3.8) is 0 Å². The molecule has 0 saturated heterocycles. The van der Waals surface area contributed by atoms with Gasteiger partial charge in [-0.25, -0.2) is 9.59 Å². The summed E-state index contributed by atoms with van der Waals surface area (Å²) in [6.45, 7) is 9.23. The number of hydrogen-bond donors (Lipinski definition) is 2. The largest absolute Gasteiger partial charge is 0.488 e. The van der Waals surface area contributed by atoms with E-state index in [0.29, 0.717) is 11.4 Å². The molecule has 0 bridgehead atoms. The molecule has 0 atom stereocenters. The quantitative estimate of drug-likeness (QED) is 0.0979. The highest BCUT2D eigenvalue weighted by Crippen LogP contribution is 2.44. The summed E-state index contributed by atoms with van der Waals surface area (Å²) in [6.07, 6.45) is 3.98. The molecule has 0 amide bonds. The smallest absolute Gasteiger partial charge is 0.466 e. The SMILES string of the molecule is COC(=O)/C(C)=C(\OS(=O)(=O)c1ccc(C)cc1)C1CC1.COC(=O)/C(C)=C(\c1cccc(C)c1)C1CC1.Cc1cccc(B(O)O)c1. The van der Waals surface area contributed by atoms with E-state index in [1.54, 1.807) is 30.3 Å². The summed E-state index contributed by atoms with van der Waals surface area (Å²) in [7, 11) is -2.59. The Morgan fingerprint density at radius 1 is 0.708 bits per heavy atom. The summed E-state index contributed by atoms with van der Waals surface area (Å²) in [5.41, 5.74) is 7.04. The van der Waals surface area contributed by atoms with E-state index >= 15 is 0 Å². The first-order valence-corrected chi connectivity index (χ1v) is 17.2. The summed E-state index contributed by atoms with van der Waals surface area (Å²) < 4.78 is 39.3. The van der Waals surface area contributed by atoms with Gasteiger partial charge in [0.15, 0.2) is 0 Å². The summed E-state index contributed by atoms with van der Waals surface area (Å²) >= 11 is 0. The minimum Gasteiger partial charge on any atom is -0.466 e. The van der Waals surface area contributed by atoms with Crippen LogP contribution in [0.5, 0.6) is 0 Å². The van der Waals surface area contributed by atoms with Gasteiger partial charge in [0, 0.05) is 11.5 Å². The topological polar surface area (TPSA) is 136 Å². The number of ether oxygens (including phenoxy) is 2. The van der Waals surface area contributed by atoms with Crippen LogP contribution in [0.4, 0.5) is 0 Å². The normalized spacial score (nSPS) is 14.9. The summed E-state index contributed by atoms with van der Waals surface area (Å²) in [6, 6.07) is 21.8. The van der Waals surface area contributed by atoms with Gasteiger partial charge in [-0.1, -0.05) is 77.4 Å². The van der Waals surface area contributed by atoms with E-state index in [2.05, 4.69) is 29.9 Å². The highest BCUT2D eigenvalue weighted by atomic mass is 32.2. The molecular formula is C37H45BO9S. The van der Waals surface area contributed by atoms with Crippen LogP contribution in [0.25, 0.3) is 5.57 Å². The third-order valence-corrected chi connectivity index (χ3v) is 9.12. The minimum atomic E-state index is -3.93. The molecule has 2 fully saturated rings. The second-order valence-electron chi connectivity index (χ2n) is 12.1. The van der Waals surface area contributed by atoms with Crippen LogP contribution in [0.3, 0.4) is 0 Å². The highest BCUT2D eigenvalue weighted by molar-refractivity contribution is 7.86. The Balaban J connectivity index is 0.000000207. The number of aryl methyl sites for hydroxylation is 3. The molecule has 2 N–H and O–H groups in total. The van der Waals surface area contributed by atoms with Crippen LogP contribution < -0.4 is 5.46 Å². The highest BCUT2D eigenvalue weighted by Gasteiger charge is 2.35. The molecule has 0 unspecified atom stereocenters. The van der Waals surface area contributed by atoms with Crippen molar-refractivity contribution in [1.29, 1.82) is 0 Å². The first-order chi connectivity index (χ1) is 22.7. The molecule has 0 heterocycles. The van der Waals surface area contributed by atoms with Gasteiger partial charge in [0.1, 0.15) is 10.7 Å². The summed E-state index contributed by atoms with van der Waals surface area (Å²) in [5.74, 6) is -0.0768. The molecule has 9 nitrogen and oxygen atoms in total. The monoisotopic (exact) mass is 676 g/mol. The lowest BCUT2D eigenvalue weighted by Gasteiger charge is -2.12. The van der Waals surface area contributed by atoms with Crippen LogP contribution in [0.2, 0.25) is 0 Å². The van der Waals surface area contributed by atoms with Crippen molar-refractivity contribution < 1.29 is 41.7 Å². The second kappa shape index (κ2) is 17.3. The number of carbonyl (C=O) groups excluding carboxylic acids is 2. The molecule has 0 aromatic heterocycles. The number of esters is 2. The van der Waals surface area contributed by atoms with Crippen molar-refractivity contribution >= 4 is 40.2 Å². The molecule has 2 aliphatic rings. The number of allylic oxidation sites excluding steroid dienone is 2. The molecule has 2 aliphatic carbocycles. The number of carbonyl (C=O) groups is 2. The van der Waals surface area contributed by atoms with Gasteiger partial charge in [-0.2, -0.15) is 8.42 Å². The zero-order valence-electron chi connectivity index (χ0n) is 28.6. The van der Waals surface area contributed by atoms with Crippen LogP contribution in [-0.2, 0) is 33.4 Å². The Kier molecular flexibility index (Phi) is 13.8. The molecule has 48 heavy (non-hydrogen) atoms. The Morgan fingerprint density at radius 2 is 1.23 bits per heavy atom. The molecule has 0 aliphatic heterocycles. The minimum absolute atomic E-state index is 0.0238. The second-order valence-corrected chi connectivity index (χ2v) is 13.6. The maximum atomic E-state index is 12.3. The van der Waals surface area contributed by atoms with Crippen molar-refractivity contribution in [2.75, 3.05) is 14.2 Å². The standard InChI is InChI=1S/C15H18O5S.C15H18O2.C7H9BO2/c1-10-4-8-13(9-5-10)21(17,18)20-14(12-6-7-12)11(2)15(16)19-3;1-10-5-4-6-13(9-10)14(12-7-8-12)11(2)15(16)17-3;1-6-3-2-4-7(5-6)8(9)10/h4-5,8-9,12H,6-7H2,1-3H3;4-6,9,12H,7-8H2,1-3H3;2-5,9-10H,1H3/b2*14-11-;. The molecule has 2 saturated carbocycles. The van der Waals surface area contributed by atoms with E-state index < -0.39 is 23.2 Å². The summed E-state index contributed by atoms with van der Waals surface area (Å²) in [5, 5.41) is 17.4. The molecule has 5 rings (SSSR count). The van der Waals surface area contributed by atoms with Crippen LogP contribution in [0, 0.1) is 32.6 Å². The van der Waals surface area contributed by atoms with Crippen molar-refractivity contribution in [1.82, 2.24) is 0 Å². The van der Waals surface area contributed by atoms with E-state index in [1.165, 1.54) is 57.3 Å². The van der Waals surface area contributed by atoms with E-state index in [0.717, 1.165) is 35.1 Å². The lowest BCUT2D eigenvalue weighted by Crippen LogP contribution is -2.29. The predicted molar refractivity (Wildman–Crippen MR) is 186 cm³/mol. The molecule has 256 valence electrons. The zero-order chi connectivity index (χ0) is 35.6. The van der Waals surface area contributed by atoms with Gasteiger partial charge in [-0.15, -0.1) is 0 Å². The molecule has 0 radical (unpaired) electrons. The van der Waals surface area contributed by atoms with E-state index in [-0.39, 0.29) is 28.1 Å². The predicted octanol–water partition coefficient (Wildman–Crippen LogP) is 5.58. The van der Waals surface area contributed by atoms with Crippen molar-refractivity contribution in [3.05, 3.63) is 112 Å². The fourth-order valence-electron chi connectivity index (χ4n) is 4.94. The molecule has 11 heteroatoms. The molecule has 3 aromatic carbocycles. The van der Waals surface area contributed by atoms with Crippen molar-refractivity contribution in [3.8, 4) is 0 Å². The average Bonchev–Trinajstić information content (AvgIpc) is 3.99. The van der Waals surface area contributed by atoms with Gasteiger partial charge in [0.05, 0.1) is 19.8 Å². The maximum absolute atomic E-state index is 12.3. The maximum Gasteiger partial charge on any atom is 0.488 e. The van der Waals surface area contributed by atoms with Gasteiger partial charge < -0.3 is 23.7 Å². The van der Waals surface area contributed by atoms with E-state index in [4.69, 9.17) is 19.0 Å². The fraction of sp³-hybridized carbons (Fsp3) is 0.351. The molecular weight excluding hydrogens is 631 g/mol. The van der Waals surface area contributed by atoms with E-state index in [9.17, 15) is 18.0 Å². The summed E-state index contributed by atoms with van der Waals surface area (Å²) in [4.78, 5) is 23.3. The van der Waals surface area contributed by atoms with Gasteiger partial charge >= 0.3 is 29.2 Å². The lowest BCUT2D eigenvalue weighted by atomic mass is 9.80. The third kappa shape index (κ3) is 11.2. The molecule has 3 aromatic rings. The Hall–Kier alpha value is -4.19. The van der Waals surface area contributed by atoms with Gasteiger partial charge in [0.2, 0.25) is 0 Å². The average molecular weight is 677 g/mol. The number of hydrogen-bond acceptors (Lipinski definition) is 9. The zero-order valence-corrected chi connectivity index (χ0v) is 29.5. The first-order valence-electron chi connectivity index (χ1n) is 15.8. The van der Waals surface area contributed by atoms with Crippen LogP contribution in [0.1, 0.15) is 61.8 Å². The van der Waals surface area contributed by atoms with Crippen molar-refractivity contribution in [2.45, 2.75) is 65.2 Å². The van der Waals surface area contributed by atoms with Crippen LogP contribution in [0.15, 0.2) is 94.6 Å². The van der Waals surface area contributed by atoms with Gasteiger partial charge in [-0.05, 0) is 95.0 Å². The third-order valence-electron chi connectivity index (χ3n) is 7.87. The molecule has 0 spiro atoms. The van der Waals surface area contributed by atoms with Gasteiger partial charge in [-0.3, -0.25) is 0 Å². The number of benzene rings is 3. The van der Waals surface area contributed by atoms with Crippen LogP contribution in [-0.4, -0.2) is 51.7 Å². The van der Waals surface area contributed by atoms with E-state index in [1.807, 2.05) is 32.9 Å². The lowest BCUT2D eigenvalue weighted by molar-refractivity contribution is -0.137.